The Morgan fingerprint density at radius 3 is 2.50 bits per heavy atom. The number of likely N-dealkylation sites (N-methyl/N-ethyl adjacent to an activating group) is 1. The standard InChI is InChI=1S/C11H24N4O/c1-8(2)10(11(16)13-12)15-6-5-9(7-15)14(3)4/h8-10H,5-7,12H2,1-4H3,(H,13,16). The quantitative estimate of drug-likeness (QED) is 0.392. The van der Waals surface area contributed by atoms with E-state index in [0.717, 1.165) is 19.5 Å². The zero-order valence-corrected chi connectivity index (χ0v) is 10.7. The van der Waals surface area contributed by atoms with E-state index in [1.54, 1.807) is 0 Å². The highest BCUT2D eigenvalue weighted by Gasteiger charge is 2.34. The van der Waals surface area contributed by atoms with Crippen molar-refractivity contribution in [2.75, 3.05) is 27.2 Å². The molecule has 1 rings (SSSR count). The van der Waals surface area contributed by atoms with Gasteiger partial charge in [-0.05, 0) is 26.4 Å². The molecule has 0 bridgehead atoms. The van der Waals surface area contributed by atoms with Crippen LogP contribution in [0.25, 0.3) is 0 Å². The third-order valence-electron chi connectivity index (χ3n) is 3.36. The smallest absolute Gasteiger partial charge is 0.251 e. The van der Waals surface area contributed by atoms with Crippen LogP contribution in [0.1, 0.15) is 20.3 Å². The number of carbonyl (C=O) groups is 1. The zero-order valence-electron chi connectivity index (χ0n) is 10.7. The van der Waals surface area contributed by atoms with Crippen LogP contribution in [0.3, 0.4) is 0 Å². The van der Waals surface area contributed by atoms with Crippen LogP contribution in [-0.2, 0) is 4.79 Å². The third kappa shape index (κ3) is 2.93. The summed E-state index contributed by atoms with van der Waals surface area (Å²) >= 11 is 0. The Kier molecular flexibility index (Phi) is 4.70. The fraction of sp³-hybridized carbons (Fsp3) is 0.909. The number of nitrogens with two attached hydrogens (primary N) is 1. The van der Waals surface area contributed by atoms with Gasteiger partial charge in [0.25, 0.3) is 5.91 Å². The lowest BCUT2D eigenvalue weighted by atomic mass is 10.0. The van der Waals surface area contributed by atoms with Crippen molar-refractivity contribution in [1.82, 2.24) is 15.2 Å². The zero-order chi connectivity index (χ0) is 12.3. The van der Waals surface area contributed by atoms with Gasteiger partial charge in [-0.1, -0.05) is 13.8 Å². The maximum Gasteiger partial charge on any atom is 0.251 e. The van der Waals surface area contributed by atoms with Crippen molar-refractivity contribution in [2.24, 2.45) is 11.8 Å². The summed E-state index contributed by atoms with van der Waals surface area (Å²) in [6, 6.07) is 0.446. The first-order valence-corrected chi connectivity index (χ1v) is 5.88. The fourth-order valence-electron chi connectivity index (χ4n) is 2.42. The number of hydrogen-bond donors (Lipinski definition) is 2. The van der Waals surface area contributed by atoms with Gasteiger partial charge in [-0.3, -0.25) is 15.1 Å². The molecule has 0 aliphatic carbocycles. The second kappa shape index (κ2) is 5.61. The molecule has 1 aliphatic rings. The lowest BCUT2D eigenvalue weighted by Gasteiger charge is -2.29. The molecule has 0 radical (unpaired) electrons. The fourth-order valence-corrected chi connectivity index (χ4v) is 2.42. The second-order valence-corrected chi connectivity index (χ2v) is 5.10. The SMILES string of the molecule is CC(C)C(C(=O)NN)N1CCC(N(C)C)C1. The molecule has 94 valence electrons. The summed E-state index contributed by atoms with van der Waals surface area (Å²) in [6.07, 6.45) is 1.12. The first-order valence-electron chi connectivity index (χ1n) is 5.88. The van der Waals surface area contributed by atoms with E-state index in [0.29, 0.717) is 6.04 Å². The Hall–Kier alpha value is -0.650. The van der Waals surface area contributed by atoms with Gasteiger partial charge in [0.2, 0.25) is 0 Å². The van der Waals surface area contributed by atoms with Crippen LogP contribution in [0, 0.1) is 5.92 Å². The van der Waals surface area contributed by atoms with E-state index in [-0.39, 0.29) is 17.9 Å². The van der Waals surface area contributed by atoms with E-state index in [2.05, 4.69) is 43.2 Å². The molecule has 0 saturated carbocycles. The molecule has 0 aromatic carbocycles. The van der Waals surface area contributed by atoms with E-state index in [4.69, 9.17) is 5.84 Å². The Morgan fingerprint density at radius 1 is 1.50 bits per heavy atom. The maximum absolute atomic E-state index is 11.7. The molecule has 5 nitrogen and oxygen atoms in total. The van der Waals surface area contributed by atoms with Crippen molar-refractivity contribution in [1.29, 1.82) is 0 Å². The molecular formula is C11H24N4O. The van der Waals surface area contributed by atoms with E-state index >= 15 is 0 Å². The molecular weight excluding hydrogens is 204 g/mol. The molecule has 16 heavy (non-hydrogen) atoms. The van der Waals surface area contributed by atoms with Gasteiger partial charge in [0, 0.05) is 19.1 Å². The number of rotatable bonds is 4. The van der Waals surface area contributed by atoms with Gasteiger partial charge >= 0.3 is 0 Å². The lowest BCUT2D eigenvalue weighted by molar-refractivity contribution is -0.127. The van der Waals surface area contributed by atoms with Crippen LogP contribution >= 0.6 is 0 Å². The molecule has 3 N–H and O–H groups in total. The third-order valence-corrected chi connectivity index (χ3v) is 3.36. The first kappa shape index (κ1) is 13.4. The Balaban J connectivity index is 2.64. The minimum absolute atomic E-state index is 0.0746. The average Bonchev–Trinajstić information content (AvgIpc) is 2.66. The highest BCUT2D eigenvalue weighted by Crippen LogP contribution is 2.20. The predicted molar refractivity (Wildman–Crippen MR) is 64.6 cm³/mol. The van der Waals surface area contributed by atoms with Crippen LogP contribution in [0.4, 0.5) is 0 Å². The number of hydrogen-bond acceptors (Lipinski definition) is 4. The van der Waals surface area contributed by atoms with Crippen LogP contribution in [0.15, 0.2) is 0 Å². The van der Waals surface area contributed by atoms with Gasteiger partial charge < -0.3 is 4.90 Å². The molecule has 0 aromatic heterocycles. The largest absolute Gasteiger partial charge is 0.305 e. The molecule has 1 fully saturated rings. The van der Waals surface area contributed by atoms with Crippen molar-refractivity contribution >= 4 is 5.91 Å². The Bertz CT molecular complexity index is 242. The summed E-state index contributed by atoms with van der Waals surface area (Å²) in [4.78, 5) is 16.2. The average molecular weight is 228 g/mol. The molecule has 5 heteroatoms. The Morgan fingerprint density at radius 2 is 2.12 bits per heavy atom. The van der Waals surface area contributed by atoms with Crippen molar-refractivity contribution in [3.8, 4) is 0 Å². The minimum atomic E-state index is -0.102. The number of nitrogens with one attached hydrogen (secondary N) is 1. The van der Waals surface area contributed by atoms with Gasteiger partial charge in [-0.25, -0.2) is 5.84 Å². The number of likely N-dealkylation sites (tertiary alicyclic amines) is 1. The molecule has 1 amide bonds. The molecule has 1 aliphatic heterocycles. The predicted octanol–water partition coefficient (Wildman–Crippen LogP) is -0.363. The summed E-state index contributed by atoms with van der Waals surface area (Å²) in [6.45, 7) is 6.04. The van der Waals surface area contributed by atoms with Crippen molar-refractivity contribution in [3.63, 3.8) is 0 Å². The number of hydrazine groups is 1. The normalized spacial score (nSPS) is 24.1. The monoisotopic (exact) mass is 228 g/mol. The Labute approximate surface area is 97.9 Å². The first-order chi connectivity index (χ1) is 7.47. The molecule has 2 atom stereocenters. The minimum Gasteiger partial charge on any atom is -0.305 e. The van der Waals surface area contributed by atoms with Crippen molar-refractivity contribution in [3.05, 3.63) is 0 Å². The summed E-state index contributed by atoms with van der Waals surface area (Å²) in [7, 11) is 4.17. The summed E-state index contributed by atoms with van der Waals surface area (Å²) in [5, 5.41) is 0. The van der Waals surface area contributed by atoms with E-state index in [1.807, 2.05) is 0 Å². The van der Waals surface area contributed by atoms with Crippen molar-refractivity contribution in [2.45, 2.75) is 32.4 Å². The topological polar surface area (TPSA) is 61.6 Å². The van der Waals surface area contributed by atoms with Gasteiger partial charge in [0.15, 0.2) is 0 Å². The molecule has 1 heterocycles. The summed E-state index contributed by atoms with van der Waals surface area (Å²) in [5.41, 5.74) is 2.27. The van der Waals surface area contributed by atoms with Crippen LogP contribution in [0.2, 0.25) is 0 Å². The number of amides is 1. The number of carbonyl (C=O) groups excluding carboxylic acids is 1. The van der Waals surface area contributed by atoms with Gasteiger partial charge in [-0.2, -0.15) is 0 Å². The van der Waals surface area contributed by atoms with E-state index in [9.17, 15) is 4.79 Å². The van der Waals surface area contributed by atoms with Gasteiger partial charge in [0.1, 0.15) is 0 Å². The number of nitrogens with zero attached hydrogens (tertiary/aromatic N) is 2. The molecule has 1 saturated heterocycles. The van der Waals surface area contributed by atoms with E-state index < -0.39 is 0 Å². The second-order valence-electron chi connectivity index (χ2n) is 5.10. The highest BCUT2D eigenvalue weighted by molar-refractivity contribution is 5.81. The van der Waals surface area contributed by atoms with Gasteiger partial charge in [0.05, 0.1) is 6.04 Å². The molecule has 0 aromatic rings. The van der Waals surface area contributed by atoms with Crippen LogP contribution in [-0.4, -0.2) is 55.0 Å². The van der Waals surface area contributed by atoms with E-state index in [1.165, 1.54) is 0 Å². The van der Waals surface area contributed by atoms with Gasteiger partial charge in [-0.15, -0.1) is 0 Å². The lowest BCUT2D eigenvalue weighted by Crippen LogP contribution is -2.51. The summed E-state index contributed by atoms with van der Waals surface area (Å²) < 4.78 is 0. The van der Waals surface area contributed by atoms with Crippen LogP contribution < -0.4 is 11.3 Å². The molecule has 2 unspecified atom stereocenters. The van der Waals surface area contributed by atoms with Crippen LogP contribution in [0.5, 0.6) is 0 Å². The maximum atomic E-state index is 11.7. The summed E-state index contributed by atoms with van der Waals surface area (Å²) in [5.74, 6) is 5.44. The highest BCUT2D eigenvalue weighted by atomic mass is 16.2. The molecule has 0 spiro atoms. The van der Waals surface area contributed by atoms with Crippen molar-refractivity contribution < 1.29 is 4.79 Å².